The number of nitrogens with one attached hydrogen (secondary N) is 1. The molecule has 3 atom stereocenters. The van der Waals surface area contributed by atoms with Crippen molar-refractivity contribution in [3.63, 3.8) is 0 Å². The van der Waals surface area contributed by atoms with Crippen molar-refractivity contribution in [2.75, 3.05) is 19.8 Å². The van der Waals surface area contributed by atoms with E-state index in [2.05, 4.69) is 26.1 Å². The Bertz CT molecular complexity index is 259. The highest BCUT2D eigenvalue weighted by atomic mass is 16.5. The van der Waals surface area contributed by atoms with Gasteiger partial charge in [-0.1, -0.05) is 20.8 Å². The summed E-state index contributed by atoms with van der Waals surface area (Å²) in [6, 6.07) is 0.650. The predicted molar refractivity (Wildman–Crippen MR) is 78.4 cm³/mol. The molecule has 1 heterocycles. The van der Waals surface area contributed by atoms with E-state index in [1.807, 2.05) is 0 Å². The average Bonchev–Trinajstić information content (AvgIpc) is 2.92. The van der Waals surface area contributed by atoms with Crippen LogP contribution < -0.4 is 5.32 Å². The molecule has 0 bridgehead atoms. The summed E-state index contributed by atoms with van der Waals surface area (Å²) < 4.78 is 11.9. The first-order valence-corrected chi connectivity index (χ1v) is 8.23. The van der Waals surface area contributed by atoms with Crippen LogP contribution in [0.1, 0.15) is 59.3 Å². The van der Waals surface area contributed by atoms with Gasteiger partial charge in [-0.3, -0.25) is 0 Å². The zero-order valence-corrected chi connectivity index (χ0v) is 12.9. The first-order chi connectivity index (χ1) is 9.26. The maximum atomic E-state index is 6.20. The van der Waals surface area contributed by atoms with Gasteiger partial charge in [0.25, 0.3) is 0 Å². The first kappa shape index (κ1) is 15.3. The second-order valence-electron chi connectivity index (χ2n) is 6.14. The van der Waals surface area contributed by atoms with Crippen LogP contribution in [-0.2, 0) is 9.47 Å². The molecule has 1 aliphatic carbocycles. The summed E-state index contributed by atoms with van der Waals surface area (Å²) in [5.41, 5.74) is 0.355. The lowest BCUT2D eigenvalue weighted by molar-refractivity contribution is -0.155. The van der Waals surface area contributed by atoms with E-state index in [0.29, 0.717) is 23.7 Å². The van der Waals surface area contributed by atoms with Crippen molar-refractivity contribution in [2.45, 2.75) is 77.5 Å². The lowest BCUT2D eigenvalue weighted by Gasteiger charge is -2.56. The summed E-state index contributed by atoms with van der Waals surface area (Å²) in [5.74, 6) is 0. The van der Waals surface area contributed by atoms with E-state index in [1.54, 1.807) is 0 Å². The van der Waals surface area contributed by atoms with Gasteiger partial charge in [-0.15, -0.1) is 0 Å². The highest BCUT2D eigenvalue weighted by molar-refractivity contribution is 5.06. The molecule has 0 amide bonds. The van der Waals surface area contributed by atoms with Gasteiger partial charge in [0.1, 0.15) is 0 Å². The molecular formula is C16H31NO2. The number of hydrogen-bond acceptors (Lipinski definition) is 3. The number of rotatable bonds is 8. The summed E-state index contributed by atoms with van der Waals surface area (Å²) in [5, 5.41) is 3.71. The fraction of sp³-hybridized carbons (Fsp3) is 1.00. The molecule has 2 fully saturated rings. The zero-order valence-electron chi connectivity index (χ0n) is 12.9. The molecular weight excluding hydrogens is 238 g/mol. The smallest absolute Gasteiger partial charge is 0.0809 e. The average molecular weight is 269 g/mol. The molecule has 112 valence electrons. The monoisotopic (exact) mass is 269 g/mol. The summed E-state index contributed by atoms with van der Waals surface area (Å²) in [7, 11) is 0. The topological polar surface area (TPSA) is 30.5 Å². The Morgan fingerprint density at radius 1 is 1.26 bits per heavy atom. The van der Waals surface area contributed by atoms with Gasteiger partial charge in [0.2, 0.25) is 0 Å². The van der Waals surface area contributed by atoms with Crippen molar-refractivity contribution in [2.24, 2.45) is 5.41 Å². The van der Waals surface area contributed by atoms with Crippen LogP contribution in [0.25, 0.3) is 0 Å². The van der Waals surface area contributed by atoms with Crippen LogP contribution in [0.15, 0.2) is 0 Å². The Balaban J connectivity index is 1.82. The number of hydrogen-bond donors (Lipinski definition) is 1. The van der Waals surface area contributed by atoms with Crippen molar-refractivity contribution < 1.29 is 9.47 Å². The van der Waals surface area contributed by atoms with Gasteiger partial charge in [-0.05, 0) is 45.1 Å². The highest BCUT2D eigenvalue weighted by Gasteiger charge is 2.53. The first-order valence-electron chi connectivity index (χ1n) is 8.23. The molecule has 3 nitrogen and oxygen atoms in total. The van der Waals surface area contributed by atoms with E-state index < -0.39 is 0 Å². The normalized spacial score (nSPS) is 33.3. The lowest BCUT2D eigenvalue weighted by atomic mass is 9.58. The van der Waals surface area contributed by atoms with Crippen molar-refractivity contribution in [1.82, 2.24) is 5.32 Å². The second-order valence-corrected chi connectivity index (χ2v) is 6.14. The maximum absolute atomic E-state index is 6.20. The molecule has 19 heavy (non-hydrogen) atoms. The minimum absolute atomic E-state index is 0.355. The largest absolute Gasteiger partial charge is 0.376 e. The molecule has 0 aromatic heterocycles. The van der Waals surface area contributed by atoms with Crippen LogP contribution in [-0.4, -0.2) is 38.0 Å². The minimum Gasteiger partial charge on any atom is -0.376 e. The predicted octanol–water partition coefficient (Wildman–Crippen LogP) is 3.13. The fourth-order valence-electron chi connectivity index (χ4n) is 3.78. The quantitative estimate of drug-likeness (QED) is 0.734. The summed E-state index contributed by atoms with van der Waals surface area (Å²) in [6.07, 6.45) is 7.97. The van der Waals surface area contributed by atoms with Crippen LogP contribution >= 0.6 is 0 Å². The third-order valence-electron chi connectivity index (χ3n) is 5.25. The molecule has 1 N–H and O–H groups in total. The van der Waals surface area contributed by atoms with Gasteiger partial charge >= 0.3 is 0 Å². The SMILES string of the molecule is CCCNC1CC(OCC2CCCO2)C1(CC)CC. The van der Waals surface area contributed by atoms with Crippen molar-refractivity contribution in [3.05, 3.63) is 0 Å². The van der Waals surface area contributed by atoms with E-state index in [1.165, 1.54) is 38.5 Å². The van der Waals surface area contributed by atoms with Crippen LogP contribution in [0.5, 0.6) is 0 Å². The minimum atomic E-state index is 0.355. The van der Waals surface area contributed by atoms with Crippen LogP contribution in [0.2, 0.25) is 0 Å². The van der Waals surface area contributed by atoms with Crippen LogP contribution in [0, 0.1) is 5.41 Å². The van der Waals surface area contributed by atoms with Gasteiger partial charge < -0.3 is 14.8 Å². The van der Waals surface area contributed by atoms with Gasteiger partial charge in [0, 0.05) is 18.1 Å². The number of ether oxygens (including phenoxy) is 2. The zero-order chi connectivity index (χ0) is 13.7. The van der Waals surface area contributed by atoms with E-state index in [9.17, 15) is 0 Å². The molecule has 0 aromatic rings. The molecule has 0 radical (unpaired) electrons. The molecule has 0 aromatic carbocycles. The van der Waals surface area contributed by atoms with Crippen molar-refractivity contribution >= 4 is 0 Å². The Morgan fingerprint density at radius 2 is 2.05 bits per heavy atom. The van der Waals surface area contributed by atoms with Gasteiger partial charge in [-0.25, -0.2) is 0 Å². The van der Waals surface area contributed by atoms with Crippen molar-refractivity contribution in [1.29, 1.82) is 0 Å². The molecule has 0 spiro atoms. The molecule has 3 heteroatoms. The standard InChI is InChI=1S/C16H31NO2/c1-4-9-17-14-11-15(16(14,5-2)6-3)19-12-13-8-7-10-18-13/h13-15,17H,4-12H2,1-3H3. The van der Waals surface area contributed by atoms with Crippen LogP contribution in [0.3, 0.4) is 0 Å². The third kappa shape index (κ3) is 3.14. The Hall–Kier alpha value is -0.120. The maximum Gasteiger partial charge on any atom is 0.0809 e. The van der Waals surface area contributed by atoms with E-state index >= 15 is 0 Å². The van der Waals surface area contributed by atoms with Gasteiger partial charge in [0.15, 0.2) is 0 Å². The lowest BCUT2D eigenvalue weighted by Crippen LogP contribution is -2.63. The van der Waals surface area contributed by atoms with E-state index in [4.69, 9.17) is 9.47 Å². The van der Waals surface area contributed by atoms with E-state index in [0.717, 1.165) is 19.8 Å². The molecule has 2 aliphatic rings. The van der Waals surface area contributed by atoms with Gasteiger partial charge in [0.05, 0.1) is 18.8 Å². The summed E-state index contributed by atoms with van der Waals surface area (Å²) in [6.45, 7) is 9.71. The van der Waals surface area contributed by atoms with Crippen LogP contribution in [0.4, 0.5) is 0 Å². The summed E-state index contributed by atoms with van der Waals surface area (Å²) >= 11 is 0. The van der Waals surface area contributed by atoms with Gasteiger partial charge in [-0.2, -0.15) is 0 Å². The second kappa shape index (κ2) is 7.05. The van der Waals surface area contributed by atoms with Crippen molar-refractivity contribution in [3.8, 4) is 0 Å². The Labute approximate surface area is 118 Å². The molecule has 3 unspecified atom stereocenters. The summed E-state index contributed by atoms with van der Waals surface area (Å²) in [4.78, 5) is 0. The molecule has 1 saturated carbocycles. The van der Waals surface area contributed by atoms with E-state index in [-0.39, 0.29) is 0 Å². The molecule has 1 aliphatic heterocycles. The molecule has 2 rings (SSSR count). The third-order valence-corrected chi connectivity index (χ3v) is 5.25. The molecule has 1 saturated heterocycles. The Kier molecular flexibility index (Phi) is 5.67. The highest BCUT2D eigenvalue weighted by Crippen LogP contribution is 2.49. The Morgan fingerprint density at radius 3 is 2.63 bits per heavy atom. The fourth-order valence-corrected chi connectivity index (χ4v) is 3.78.